The van der Waals surface area contributed by atoms with Crippen LogP contribution < -0.4 is 25.0 Å². The number of carbonyl (C=O) groups is 2. The lowest BCUT2D eigenvalue weighted by Gasteiger charge is -2.15. The summed E-state index contributed by atoms with van der Waals surface area (Å²) in [5, 5.41) is 15.5. The van der Waals surface area contributed by atoms with E-state index in [0.29, 0.717) is 57.1 Å². The summed E-state index contributed by atoms with van der Waals surface area (Å²) in [6.07, 6.45) is 1.46. The van der Waals surface area contributed by atoms with E-state index in [-0.39, 0.29) is 18.2 Å². The van der Waals surface area contributed by atoms with Gasteiger partial charge in [0.25, 0.3) is 5.91 Å². The zero-order valence-electron chi connectivity index (χ0n) is 22.7. The lowest BCUT2D eigenvalue weighted by molar-refractivity contribution is -0.120. The molecule has 0 aliphatic rings. The number of nitrogens with one attached hydrogen (secondary N) is 2. The molecule has 2 N–H and O–H groups in total. The fraction of sp³-hybridized carbons (Fsp3) is 0.207. The van der Waals surface area contributed by atoms with E-state index in [1.807, 2.05) is 50.2 Å². The van der Waals surface area contributed by atoms with Crippen molar-refractivity contribution in [2.75, 3.05) is 25.1 Å². The molecule has 42 heavy (non-hydrogen) atoms. The molecule has 0 atom stereocenters. The molecule has 0 aliphatic carbocycles. The Morgan fingerprint density at radius 1 is 1.00 bits per heavy atom. The second-order valence-corrected chi connectivity index (χ2v) is 11.5. The Hall–Kier alpha value is -3.81. The monoisotopic (exact) mass is 715 g/mol. The van der Waals surface area contributed by atoms with Crippen LogP contribution in [0.4, 0.5) is 5.13 Å². The quantitative estimate of drug-likeness (QED) is 0.0963. The zero-order chi connectivity index (χ0) is 29.9. The molecule has 3 aromatic carbocycles. The van der Waals surface area contributed by atoms with Crippen LogP contribution in [0.2, 0.25) is 0 Å². The van der Waals surface area contributed by atoms with Crippen LogP contribution >= 0.6 is 43.2 Å². The first-order valence-electron chi connectivity index (χ1n) is 12.8. The number of amides is 2. The summed E-state index contributed by atoms with van der Waals surface area (Å²) in [4.78, 5) is 24.9. The SMILES string of the molecule is CCOc1cc(C=NNC(=O)Cc2nnc(NC(=O)c3ccccc3C)s2)cc(Br)c1OCCOc1ccc(Br)cc1. The lowest BCUT2D eigenvalue weighted by atomic mass is 10.1. The highest BCUT2D eigenvalue weighted by atomic mass is 79.9. The third-order valence-electron chi connectivity index (χ3n) is 5.54. The van der Waals surface area contributed by atoms with Gasteiger partial charge in [-0.3, -0.25) is 14.9 Å². The third kappa shape index (κ3) is 9.10. The number of ether oxygens (including phenoxy) is 3. The van der Waals surface area contributed by atoms with Crippen molar-refractivity contribution in [3.8, 4) is 17.2 Å². The third-order valence-corrected chi connectivity index (χ3v) is 7.49. The Balaban J connectivity index is 1.28. The number of benzene rings is 3. The highest BCUT2D eigenvalue weighted by Gasteiger charge is 2.15. The minimum atomic E-state index is -0.381. The minimum Gasteiger partial charge on any atom is -0.490 e. The second kappa shape index (κ2) is 15.4. The van der Waals surface area contributed by atoms with Gasteiger partial charge in [0, 0.05) is 10.0 Å². The largest absolute Gasteiger partial charge is 0.490 e. The Morgan fingerprint density at radius 3 is 2.52 bits per heavy atom. The molecule has 13 heteroatoms. The van der Waals surface area contributed by atoms with Gasteiger partial charge in [0.05, 0.1) is 23.7 Å². The van der Waals surface area contributed by atoms with Crippen LogP contribution in [0.15, 0.2) is 74.7 Å². The number of rotatable bonds is 13. The molecule has 0 radical (unpaired) electrons. The first-order chi connectivity index (χ1) is 20.3. The van der Waals surface area contributed by atoms with E-state index in [0.717, 1.165) is 27.1 Å². The number of hydrogen-bond acceptors (Lipinski definition) is 9. The minimum absolute atomic E-state index is 0.0434. The fourth-order valence-electron chi connectivity index (χ4n) is 3.62. The molecule has 1 heterocycles. The van der Waals surface area contributed by atoms with Gasteiger partial charge in [-0.25, -0.2) is 5.43 Å². The number of carbonyl (C=O) groups excluding carboxylic acids is 2. The fourth-order valence-corrected chi connectivity index (χ4v) is 5.19. The molecule has 0 saturated carbocycles. The predicted molar refractivity (Wildman–Crippen MR) is 169 cm³/mol. The van der Waals surface area contributed by atoms with Gasteiger partial charge in [-0.15, -0.1) is 10.2 Å². The molecule has 0 bridgehead atoms. The van der Waals surface area contributed by atoms with Crippen molar-refractivity contribution in [1.29, 1.82) is 0 Å². The molecule has 4 aromatic rings. The molecule has 2 amide bonds. The van der Waals surface area contributed by atoms with Crippen molar-refractivity contribution in [2.24, 2.45) is 5.10 Å². The smallest absolute Gasteiger partial charge is 0.257 e. The number of aryl methyl sites for hydroxylation is 1. The first-order valence-corrected chi connectivity index (χ1v) is 15.2. The molecule has 0 spiro atoms. The maximum atomic E-state index is 12.5. The van der Waals surface area contributed by atoms with E-state index in [2.05, 4.69) is 57.9 Å². The molecule has 4 rings (SSSR count). The van der Waals surface area contributed by atoms with Gasteiger partial charge in [0.2, 0.25) is 11.0 Å². The molecule has 0 aliphatic heterocycles. The zero-order valence-corrected chi connectivity index (χ0v) is 26.7. The van der Waals surface area contributed by atoms with Gasteiger partial charge in [-0.1, -0.05) is 45.5 Å². The van der Waals surface area contributed by atoms with Gasteiger partial charge < -0.3 is 14.2 Å². The van der Waals surface area contributed by atoms with E-state index < -0.39 is 0 Å². The topological polar surface area (TPSA) is 124 Å². The van der Waals surface area contributed by atoms with Gasteiger partial charge in [0.1, 0.15) is 24.0 Å². The summed E-state index contributed by atoms with van der Waals surface area (Å²) in [5.74, 6) is 1.15. The number of halogens is 2. The molecule has 218 valence electrons. The van der Waals surface area contributed by atoms with Crippen molar-refractivity contribution < 1.29 is 23.8 Å². The van der Waals surface area contributed by atoms with Crippen LogP contribution in [-0.4, -0.2) is 48.0 Å². The van der Waals surface area contributed by atoms with Crippen LogP contribution in [0.5, 0.6) is 17.2 Å². The number of hydrogen-bond donors (Lipinski definition) is 2. The Labute approximate surface area is 263 Å². The van der Waals surface area contributed by atoms with Crippen molar-refractivity contribution in [3.05, 3.63) is 91.3 Å². The highest BCUT2D eigenvalue weighted by molar-refractivity contribution is 9.10. The van der Waals surface area contributed by atoms with E-state index in [9.17, 15) is 9.59 Å². The van der Waals surface area contributed by atoms with Crippen molar-refractivity contribution >= 4 is 66.4 Å². The van der Waals surface area contributed by atoms with Crippen LogP contribution in [-0.2, 0) is 11.2 Å². The van der Waals surface area contributed by atoms with E-state index >= 15 is 0 Å². The molecule has 1 aromatic heterocycles. The molecule has 0 saturated heterocycles. The van der Waals surface area contributed by atoms with Crippen LogP contribution in [0.25, 0.3) is 0 Å². The average Bonchev–Trinajstić information content (AvgIpc) is 3.39. The van der Waals surface area contributed by atoms with Gasteiger partial charge in [-0.05, 0) is 83.4 Å². The second-order valence-electron chi connectivity index (χ2n) is 8.65. The molecule has 0 fully saturated rings. The lowest BCUT2D eigenvalue weighted by Crippen LogP contribution is -2.19. The summed E-state index contributed by atoms with van der Waals surface area (Å²) in [6, 6.07) is 18.4. The van der Waals surface area contributed by atoms with Gasteiger partial charge in [0.15, 0.2) is 11.5 Å². The first kappa shape index (κ1) is 31.1. The van der Waals surface area contributed by atoms with Crippen molar-refractivity contribution in [1.82, 2.24) is 15.6 Å². The Morgan fingerprint density at radius 2 is 1.76 bits per heavy atom. The summed E-state index contributed by atoms with van der Waals surface area (Å²) >= 11 is 8.06. The Kier molecular flexibility index (Phi) is 11.4. The number of anilines is 1. The summed E-state index contributed by atoms with van der Waals surface area (Å²) in [6.45, 7) is 4.82. The van der Waals surface area contributed by atoms with Crippen LogP contribution in [0, 0.1) is 6.92 Å². The van der Waals surface area contributed by atoms with Crippen LogP contribution in [0.3, 0.4) is 0 Å². The Bertz CT molecular complexity index is 1560. The number of nitrogens with zero attached hydrogens (tertiary/aromatic N) is 3. The van der Waals surface area contributed by atoms with E-state index in [4.69, 9.17) is 14.2 Å². The van der Waals surface area contributed by atoms with Crippen LogP contribution in [0.1, 0.15) is 33.4 Å². The van der Waals surface area contributed by atoms with Gasteiger partial charge >= 0.3 is 0 Å². The average molecular weight is 717 g/mol. The molecule has 0 unspecified atom stereocenters. The maximum absolute atomic E-state index is 12.5. The van der Waals surface area contributed by atoms with E-state index in [1.54, 1.807) is 24.3 Å². The summed E-state index contributed by atoms with van der Waals surface area (Å²) < 4.78 is 19.1. The highest BCUT2D eigenvalue weighted by Crippen LogP contribution is 2.36. The number of aromatic nitrogens is 2. The summed E-state index contributed by atoms with van der Waals surface area (Å²) in [7, 11) is 0. The van der Waals surface area contributed by atoms with Crippen molar-refractivity contribution in [2.45, 2.75) is 20.3 Å². The maximum Gasteiger partial charge on any atom is 0.257 e. The van der Waals surface area contributed by atoms with Crippen molar-refractivity contribution in [3.63, 3.8) is 0 Å². The molecule has 10 nitrogen and oxygen atoms in total. The normalized spacial score (nSPS) is 10.9. The van der Waals surface area contributed by atoms with Gasteiger partial charge in [-0.2, -0.15) is 5.10 Å². The molecular weight excluding hydrogens is 690 g/mol. The predicted octanol–water partition coefficient (Wildman–Crippen LogP) is 6.17. The summed E-state index contributed by atoms with van der Waals surface area (Å²) in [5.41, 5.74) is 4.56. The number of hydrazone groups is 1. The molecular formula is C29H27Br2N5O5S. The van der Waals surface area contributed by atoms with E-state index in [1.165, 1.54) is 6.21 Å². The standard InChI is InChI=1S/C29H27Br2N5O5S/c1-3-39-24-15-19(14-23(31)27(24)41-13-12-40-21-10-8-20(30)9-11-21)17-32-34-25(37)16-26-35-36-29(42-26)33-28(38)22-7-5-4-6-18(22)2/h4-11,14-15,17H,3,12-13,16H2,1-2H3,(H,34,37)(H,33,36,38).